The van der Waals surface area contributed by atoms with Crippen LogP contribution in [0.4, 0.5) is 9.52 Å². The summed E-state index contributed by atoms with van der Waals surface area (Å²) in [5, 5.41) is 5.80. The molecular weight excluding hydrogens is 305 g/mol. The molecule has 1 aromatic carbocycles. The Morgan fingerprint density at radius 2 is 2.32 bits per heavy atom. The number of carbonyl (C=O) groups excluding carboxylic acids is 1. The van der Waals surface area contributed by atoms with Crippen molar-refractivity contribution in [3.63, 3.8) is 0 Å². The van der Waals surface area contributed by atoms with E-state index >= 15 is 0 Å². The fraction of sp³-hybridized carbons (Fsp3) is 0.286. The highest BCUT2D eigenvalue weighted by atomic mass is 32.1. The first kappa shape index (κ1) is 14.5. The summed E-state index contributed by atoms with van der Waals surface area (Å²) in [5.41, 5.74) is 9.28. The second-order valence-corrected chi connectivity index (χ2v) is 5.82. The van der Waals surface area contributed by atoms with Crippen molar-refractivity contribution < 1.29 is 9.18 Å². The molecule has 1 saturated heterocycles. The van der Waals surface area contributed by atoms with Crippen molar-refractivity contribution >= 4 is 22.4 Å². The lowest BCUT2D eigenvalue weighted by Gasteiger charge is -2.12. The summed E-state index contributed by atoms with van der Waals surface area (Å²) in [6.07, 6.45) is 0.341. The molecule has 0 bridgehead atoms. The Hall–Kier alpha value is -2.44. The Balaban J connectivity index is 1.81. The van der Waals surface area contributed by atoms with Crippen LogP contribution in [0.3, 0.4) is 0 Å². The average Bonchev–Trinajstić information content (AvgIpc) is 3.12. The van der Waals surface area contributed by atoms with Gasteiger partial charge in [0.1, 0.15) is 5.82 Å². The Labute approximate surface area is 129 Å². The summed E-state index contributed by atoms with van der Waals surface area (Å²) < 4.78 is 13.8. The molecule has 6 nitrogen and oxygen atoms in total. The Bertz CT molecular complexity index is 755. The molecule has 1 aliphatic heterocycles. The van der Waals surface area contributed by atoms with Crippen LogP contribution >= 0.6 is 11.3 Å². The Morgan fingerprint density at radius 3 is 3.09 bits per heavy atom. The first-order valence-electron chi connectivity index (χ1n) is 6.70. The number of nitrogens with zero attached hydrogens (tertiary/aromatic N) is 5. The minimum Gasteiger partial charge on any atom is -0.288 e. The molecule has 1 aliphatic rings. The standard InChI is InChI=1S/C14H12FN5OS/c15-11-4-2-1-3-10(11)12-8-22-14(18-12)20-7-9(5-13(20)21)6-17-19-16/h1-4,8-9H,5-7H2. The van der Waals surface area contributed by atoms with Crippen molar-refractivity contribution in [1.29, 1.82) is 0 Å². The molecule has 1 atom stereocenters. The molecule has 0 aliphatic carbocycles. The minimum absolute atomic E-state index is 0.00390. The fourth-order valence-corrected chi connectivity index (χ4v) is 3.27. The number of azide groups is 1. The number of hydrogen-bond donors (Lipinski definition) is 0. The van der Waals surface area contributed by atoms with Crippen molar-refractivity contribution in [1.82, 2.24) is 4.98 Å². The molecule has 1 unspecified atom stereocenters. The third-order valence-electron chi connectivity index (χ3n) is 3.48. The van der Waals surface area contributed by atoms with Gasteiger partial charge in [0.2, 0.25) is 5.91 Å². The highest BCUT2D eigenvalue weighted by Crippen LogP contribution is 2.32. The largest absolute Gasteiger partial charge is 0.288 e. The van der Waals surface area contributed by atoms with Gasteiger partial charge in [-0.3, -0.25) is 9.69 Å². The van der Waals surface area contributed by atoms with E-state index in [-0.39, 0.29) is 17.6 Å². The topological polar surface area (TPSA) is 82.0 Å². The first-order chi connectivity index (χ1) is 10.7. The van der Waals surface area contributed by atoms with Gasteiger partial charge in [-0.15, -0.1) is 11.3 Å². The van der Waals surface area contributed by atoms with Crippen LogP contribution in [0.2, 0.25) is 0 Å². The number of rotatable bonds is 4. The Kier molecular flexibility index (Phi) is 4.04. The zero-order chi connectivity index (χ0) is 15.5. The predicted molar refractivity (Wildman–Crippen MR) is 82.0 cm³/mol. The molecule has 1 amide bonds. The summed E-state index contributed by atoms with van der Waals surface area (Å²) >= 11 is 1.30. The summed E-state index contributed by atoms with van der Waals surface area (Å²) in [4.78, 5) is 20.7. The number of aromatic nitrogens is 1. The fourth-order valence-electron chi connectivity index (χ4n) is 2.42. The van der Waals surface area contributed by atoms with Gasteiger partial charge >= 0.3 is 0 Å². The number of benzene rings is 1. The van der Waals surface area contributed by atoms with Crippen LogP contribution in [0.15, 0.2) is 34.8 Å². The normalized spacial score (nSPS) is 17.6. The van der Waals surface area contributed by atoms with Crippen LogP contribution in [0.1, 0.15) is 6.42 Å². The van der Waals surface area contributed by atoms with Gasteiger partial charge in [-0.25, -0.2) is 9.37 Å². The van der Waals surface area contributed by atoms with Crippen LogP contribution < -0.4 is 4.90 Å². The molecule has 1 fully saturated rings. The van der Waals surface area contributed by atoms with Gasteiger partial charge in [-0.1, -0.05) is 17.2 Å². The molecule has 22 heavy (non-hydrogen) atoms. The lowest BCUT2D eigenvalue weighted by molar-refractivity contribution is -0.117. The van der Waals surface area contributed by atoms with Gasteiger partial charge in [0.25, 0.3) is 0 Å². The van der Waals surface area contributed by atoms with Gasteiger partial charge in [-0.2, -0.15) is 0 Å². The zero-order valence-electron chi connectivity index (χ0n) is 11.5. The van der Waals surface area contributed by atoms with Crippen molar-refractivity contribution in [3.8, 4) is 11.3 Å². The highest BCUT2D eigenvalue weighted by Gasteiger charge is 2.31. The summed E-state index contributed by atoms with van der Waals surface area (Å²) in [6.45, 7) is 0.770. The second-order valence-electron chi connectivity index (χ2n) is 4.98. The van der Waals surface area contributed by atoms with Crippen LogP contribution in [0.5, 0.6) is 0 Å². The lowest BCUT2D eigenvalue weighted by atomic mass is 10.1. The van der Waals surface area contributed by atoms with E-state index in [0.29, 0.717) is 35.9 Å². The maximum Gasteiger partial charge on any atom is 0.229 e. The third-order valence-corrected chi connectivity index (χ3v) is 4.34. The third kappa shape index (κ3) is 2.79. The number of halogens is 1. The number of thiazole rings is 1. The quantitative estimate of drug-likeness (QED) is 0.490. The molecule has 0 N–H and O–H groups in total. The molecule has 0 saturated carbocycles. The van der Waals surface area contributed by atoms with Crippen molar-refractivity contribution in [2.75, 3.05) is 18.0 Å². The molecule has 8 heteroatoms. The molecule has 2 heterocycles. The van der Waals surface area contributed by atoms with Crippen molar-refractivity contribution in [3.05, 3.63) is 45.9 Å². The van der Waals surface area contributed by atoms with Gasteiger partial charge in [0.05, 0.1) is 5.69 Å². The van der Waals surface area contributed by atoms with Crippen LogP contribution in [-0.4, -0.2) is 24.0 Å². The van der Waals surface area contributed by atoms with Crippen molar-refractivity contribution in [2.45, 2.75) is 6.42 Å². The van der Waals surface area contributed by atoms with Gasteiger partial charge < -0.3 is 0 Å². The van der Waals surface area contributed by atoms with Crippen molar-refractivity contribution in [2.24, 2.45) is 11.0 Å². The van der Waals surface area contributed by atoms with Gasteiger partial charge in [-0.05, 0) is 23.6 Å². The SMILES string of the molecule is [N-]=[N+]=NCC1CC(=O)N(c2nc(-c3ccccc3F)cs2)C1. The Morgan fingerprint density at radius 1 is 1.50 bits per heavy atom. The molecule has 1 aromatic heterocycles. The summed E-state index contributed by atoms with van der Waals surface area (Å²) in [5.74, 6) is -0.384. The summed E-state index contributed by atoms with van der Waals surface area (Å²) in [7, 11) is 0. The maximum absolute atomic E-state index is 13.8. The zero-order valence-corrected chi connectivity index (χ0v) is 12.3. The van der Waals surface area contributed by atoms with E-state index in [1.165, 1.54) is 17.4 Å². The minimum atomic E-state index is -0.340. The number of hydrogen-bond acceptors (Lipinski definition) is 4. The van der Waals surface area contributed by atoms with E-state index in [9.17, 15) is 9.18 Å². The number of carbonyl (C=O) groups is 1. The highest BCUT2D eigenvalue weighted by molar-refractivity contribution is 7.14. The predicted octanol–water partition coefficient (Wildman–Crippen LogP) is 3.61. The molecule has 0 radical (unpaired) electrons. The van der Waals surface area contributed by atoms with E-state index < -0.39 is 0 Å². The van der Waals surface area contributed by atoms with E-state index in [1.54, 1.807) is 28.5 Å². The average molecular weight is 317 g/mol. The smallest absolute Gasteiger partial charge is 0.229 e. The molecule has 2 aromatic rings. The first-order valence-corrected chi connectivity index (χ1v) is 7.58. The lowest BCUT2D eigenvalue weighted by Crippen LogP contribution is -2.24. The maximum atomic E-state index is 13.8. The van der Waals surface area contributed by atoms with E-state index in [4.69, 9.17) is 5.53 Å². The second kappa shape index (κ2) is 6.13. The molecular formula is C14H12FN5OS. The molecule has 112 valence electrons. The van der Waals surface area contributed by atoms with Gasteiger partial charge in [0, 0.05) is 35.4 Å². The number of amides is 1. The summed E-state index contributed by atoms with van der Waals surface area (Å²) in [6, 6.07) is 6.40. The van der Waals surface area contributed by atoms with E-state index in [1.807, 2.05) is 0 Å². The van der Waals surface area contributed by atoms with E-state index in [0.717, 1.165) is 0 Å². The van der Waals surface area contributed by atoms with Crippen LogP contribution in [0.25, 0.3) is 21.7 Å². The molecule has 0 spiro atoms. The van der Waals surface area contributed by atoms with Crippen LogP contribution in [0, 0.1) is 11.7 Å². The van der Waals surface area contributed by atoms with Gasteiger partial charge in [0.15, 0.2) is 5.13 Å². The van der Waals surface area contributed by atoms with Crippen LogP contribution in [-0.2, 0) is 4.79 Å². The van der Waals surface area contributed by atoms with E-state index in [2.05, 4.69) is 15.0 Å². The molecule has 3 rings (SSSR count). The number of anilines is 1. The monoisotopic (exact) mass is 317 g/mol.